The maximum Gasteiger partial charge on any atom is 0.0522 e. The summed E-state index contributed by atoms with van der Waals surface area (Å²) >= 11 is 0. The van der Waals surface area contributed by atoms with Gasteiger partial charge in [-0.1, -0.05) is 39.3 Å². The van der Waals surface area contributed by atoms with Crippen molar-refractivity contribution in [2.45, 2.75) is 72.1 Å². The first-order valence-corrected chi connectivity index (χ1v) is 9.17. The second-order valence-electron chi connectivity index (χ2n) is 9.79. The minimum atomic E-state index is 0.143. The molecule has 5 atom stereocenters. The summed E-state index contributed by atoms with van der Waals surface area (Å²) in [4.78, 5) is 0. The van der Waals surface area contributed by atoms with Gasteiger partial charge in [0.15, 0.2) is 0 Å². The Morgan fingerprint density at radius 1 is 0.952 bits per heavy atom. The van der Waals surface area contributed by atoms with Crippen LogP contribution in [-0.2, 0) is 0 Å². The number of fused-ring (bicyclic) bond motifs is 3. The Labute approximate surface area is 130 Å². The third-order valence-electron chi connectivity index (χ3n) is 8.36. The van der Waals surface area contributed by atoms with E-state index in [-0.39, 0.29) is 5.41 Å². The van der Waals surface area contributed by atoms with Gasteiger partial charge in [-0.25, -0.2) is 0 Å². The Morgan fingerprint density at radius 3 is 2.48 bits per heavy atom. The molecule has 4 rings (SSSR count). The molecular weight excluding hydrogens is 256 g/mol. The zero-order valence-corrected chi connectivity index (χ0v) is 14.1. The summed E-state index contributed by atoms with van der Waals surface area (Å²) in [6.45, 7) is 8.04. The molecule has 0 aliphatic heterocycles. The van der Waals surface area contributed by atoms with Gasteiger partial charge in [-0.05, 0) is 73.0 Å². The maximum atomic E-state index is 9.88. The van der Waals surface area contributed by atoms with Gasteiger partial charge in [0, 0.05) is 5.41 Å². The smallest absolute Gasteiger partial charge is 0.0522 e. The highest BCUT2D eigenvalue weighted by Crippen LogP contribution is 2.71. The molecule has 1 heteroatoms. The summed E-state index contributed by atoms with van der Waals surface area (Å²) in [5.41, 5.74) is 1.64. The first kappa shape index (κ1) is 14.3. The topological polar surface area (TPSA) is 20.2 Å². The molecule has 0 aromatic heterocycles. The van der Waals surface area contributed by atoms with E-state index in [4.69, 9.17) is 0 Å². The fourth-order valence-electron chi connectivity index (χ4n) is 7.48. The van der Waals surface area contributed by atoms with E-state index in [0.717, 1.165) is 11.8 Å². The molecule has 118 valence electrons. The molecule has 1 nitrogen and oxygen atoms in total. The molecule has 0 heterocycles. The van der Waals surface area contributed by atoms with Crippen molar-refractivity contribution < 1.29 is 5.11 Å². The van der Waals surface area contributed by atoms with E-state index in [0.29, 0.717) is 22.9 Å². The molecule has 3 fully saturated rings. The van der Waals surface area contributed by atoms with Crippen molar-refractivity contribution in [2.75, 3.05) is 6.61 Å². The Kier molecular flexibility index (Phi) is 2.83. The van der Waals surface area contributed by atoms with E-state index < -0.39 is 0 Å². The first-order chi connectivity index (χ1) is 9.86. The first-order valence-electron chi connectivity index (χ1n) is 9.17. The predicted octanol–water partition coefficient (Wildman–Crippen LogP) is 4.95. The molecule has 0 saturated heterocycles. The van der Waals surface area contributed by atoms with Gasteiger partial charge in [0.1, 0.15) is 0 Å². The SMILES string of the molecule is CC1(C)CCCC2(C)C1CCC13C=CC(CO)(CCC12)C3. The fraction of sp³-hybridized carbons (Fsp3) is 0.900. The largest absolute Gasteiger partial charge is 0.395 e. The third-order valence-corrected chi connectivity index (χ3v) is 8.36. The quantitative estimate of drug-likeness (QED) is 0.677. The lowest BCUT2D eigenvalue weighted by atomic mass is 9.40. The van der Waals surface area contributed by atoms with Crippen LogP contribution in [0.3, 0.4) is 0 Å². The van der Waals surface area contributed by atoms with E-state index in [2.05, 4.69) is 32.9 Å². The van der Waals surface area contributed by atoms with Crippen molar-refractivity contribution in [2.24, 2.45) is 33.5 Å². The van der Waals surface area contributed by atoms with Crippen LogP contribution in [0.15, 0.2) is 12.2 Å². The molecule has 1 spiro atoms. The second kappa shape index (κ2) is 4.16. The van der Waals surface area contributed by atoms with E-state index in [9.17, 15) is 5.11 Å². The highest BCUT2D eigenvalue weighted by molar-refractivity contribution is 5.25. The minimum Gasteiger partial charge on any atom is -0.395 e. The van der Waals surface area contributed by atoms with Crippen LogP contribution >= 0.6 is 0 Å². The highest BCUT2D eigenvalue weighted by atomic mass is 16.3. The summed E-state index contributed by atoms with van der Waals surface area (Å²) in [7, 11) is 0. The molecule has 3 saturated carbocycles. The zero-order valence-electron chi connectivity index (χ0n) is 14.1. The lowest BCUT2D eigenvalue weighted by Gasteiger charge is -2.64. The van der Waals surface area contributed by atoms with Gasteiger partial charge in [-0.15, -0.1) is 0 Å². The van der Waals surface area contributed by atoms with Crippen molar-refractivity contribution in [3.05, 3.63) is 12.2 Å². The van der Waals surface area contributed by atoms with Crippen LogP contribution in [0.5, 0.6) is 0 Å². The molecular formula is C20H32O. The zero-order chi connectivity index (χ0) is 14.9. The summed E-state index contributed by atoms with van der Waals surface area (Å²) in [6.07, 6.45) is 15.8. The third kappa shape index (κ3) is 1.73. The minimum absolute atomic E-state index is 0.143. The van der Waals surface area contributed by atoms with Crippen LogP contribution in [-0.4, -0.2) is 11.7 Å². The molecule has 4 aliphatic rings. The average molecular weight is 288 g/mol. The molecule has 1 N–H and O–H groups in total. The molecule has 0 aromatic carbocycles. The summed E-state index contributed by atoms with van der Waals surface area (Å²) in [6, 6.07) is 0. The fourth-order valence-corrected chi connectivity index (χ4v) is 7.48. The van der Waals surface area contributed by atoms with E-state index in [1.807, 2.05) is 0 Å². The van der Waals surface area contributed by atoms with E-state index >= 15 is 0 Å². The lowest BCUT2D eigenvalue weighted by molar-refractivity contribution is -0.144. The number of aliphatic hydroxyl groups excluding tert-OH is 1. The molecule has 0 aromatic rings. The van der Waals surface area contributed by atoms with Crippen molar-refractivity contribution in [1.82, 2.24) is 0 Å². The molecule has 5 unspecified atom stereocenters. The van der Waals surface area contributed by atoms with Crippen LogP contribution < -0.4 is 0 Å². The van der Waals surface area contributed by atoms with Crippen LogP contribution in [0.1, 0.15) is 72.1 Å². The number of hydrogen-bond donors (Lipinski definition) is 1. The predicted molar refractivity (Wildman–Crippen MR) is 86.9 cm³/mol. The van der Waals surface area contributed by atoms with Gasteiger partial charge in [0.25, 0.3) is 0 Å². The maximum absolute atomic E-state index is 9.88. The summed E-state index contributed by atoms with van der Waals surface area (Å²) in [5.74, 6) is 1.77. The Balaban J connectivity index is 1.72. The van der Waals surface area contributed by atoms with E-state index in [1.165, 1.54) is 51.4 Å². The van der Waals surface area contributed by atoms with Crippen molar-refractivity contribution in [1.29, 1.82) is 0 Å². The van der Waals surface area contributed by atoms with Gasteiger partial charge in [0.2, 0.25) is 0 Å². The van der Waals surface area contributed by atoms with Gasteiger partial charge >= 0.3 is 0 Å². The Hall–Kier alpha value is -0.300. The normalized spacial score (nSPS) is 54.1. The molecule has 4 aliphatic carbocycles. The molecule has 2 bridgehead atoms. The van der Waals surface area contributed by atoms with Crippen LogP contribution in [0, 0.1) is 33.5 Å². The monoisotopic (exact) mass is 288 g/mol. The summed E-state index contributed by atoms with van der Waals surface area (Å²) < 4.78 is 0. The highest BCUT2D eigenvalue weighted by Gasteiger charge is 2.63. The number of hydrogen-bond acceptors (Lipinski definition) is 1. The summed E-state index contributed by atoms with van der Waals surface area (Å²) in [5, 5.41) is 9.88. The number of allylic oxidation sites excluding steroid dienone is 1. The van der Waals surface area contributed by atoms with Gasteiger partial charge in [-0.3, -0.25) is 0 Å². The van der Waals surface area contributed by atoms with Crippen molar-refractivity contribution in [3.63, 3.8) is 0 Å². The molecule has 0 amide bonds. The standard InChI is InChI=1S/C20H32O/c1-17(2)7-4-8-18(3)15(17)6-10-20-12-11-19(13-20,14-21)9-5-16(18)20/h11-12,15-16,21H,4-10,13-14H2,1-3H3. The Morgan fingerprint density at radius 2 is 1.71 bits per heavy atom. The number of rotatable bonds is 1. The average Bonchev–Trinajstić information content (AvgIpc) is 2.70. The van der Waals surface area contributed by atoms with Gasteiger partial charge in [-0.2, -0.15) is 0 Å². The second-order valence-corrected chi connectivity index (χ2v) is 9.79. The molecule has 0 radical (unpaired) electrons. The van der Waals surface area contributed by atoms with Crippen molar-refractivity contribution >= 4 is 0 Å². The van der Waals surface area contributed by atoms with Crippen LogP contribution in [0.2, 0.25) is 0 Å². The van der Waals surface area contributed by atoms with Crippen molar-refractivity contribution in [3.8, 4) is 0 Å². The van der Waals surface area contributed by atoms with Gasteiger partial charge in [0.05, 0.1) is 6.61 Å². The van der Waals surface area contributed by atoms with Crippen LogP contribution in [0.4, 0.5) is 0 Å². The number of aliphatic hydroxyl groups is 1. The molecule has 21 heavy (non-hydrogen) atoms. The Bertz CT molecular complexity index is 478. The van der Waals surface area contributed by atoms with Crippen LogP contribution in [0.25, 0.3) is 0 Å². The van der Waals surface area contributed by atoms with E-state index in [1.54, 1.807) is 0 Å². The van der Waals surface area contributed by atoms with Gasteiger partial charge < -0.3 is 5.11 Å². The lowest BCUT2D eigenvalue weighted by Crippen LogP contribution is -2.56.